The summed E-state index contributed by atoms with van der Waals surface area (Å²) in [6, 6.07) is 9.87. The smallest absolute Gasteiger partial charge is 0.269 e. The lowest BCUT2D eigenvalue weighted by Gasteiger charge is -2.17. The van der Waals surface area contributed by atoms with Gasteiger partial charge in [-0.1, -0.05) is 12.1 Å². The molecule has 2 aromatic carbocycles. The van der Waals surface area contributed by atoms with Crippen LogP contribution in [0.2, 0.25) is 0 Å². The van der Waals surface area contributed by atoms with Crippen LogP contribution < -0.4 is 30.6 Å². The molecule has 0 aliphatic carbocycles. The number of amides is 2. The molecule has 0 aliphatic heterocycles. The quantitative estimate of drug-likeness (QED) is 0.475. The predicted molar refractivity (Wildman–Crippen MR) is 122 cm³/mol. The van der Waals surface area contributed by atoms with Gasteiger partial charge >= 0.3 is 0 Å². The largest absolute Gasteiger partial charge is 0.490 e. The summed E-state index contributed by atoms with van der Waals surface area (Å²) in [4.78, 5) is 41.7. The van der Waals surface area contributed by atoms with Crippen LogP contribution in [0.3, 0.4) is 0 Å². The number of hydrogen-bond acceptors (Lipinski definition) is 7. The molecule has 3 aromatic rings. The van der Waals surface area contributed by atoms with Crippen LogP contribution in [0.4, 0.5) is 0 Å². The van der Waals surface area contributed by atoms with E-state index < -0.39 is 11.8 Å². The van der Waals surface area contributed by atoms with E-state index in [0.29, 0.717) is 48.0 Å². The van der Waals surface area contributed by atoms with E-state index in [2.05, 4.69) is 15.8 Å². The topological polar surface area (TPSA) is 121 Å². The summed E-state index contributed by atoms with van der Waals surface area (Å²) in [6.07, 6.45) is 1.29. The third-order valence-corrected chi connectivity index (χ3v) is 4.53. The van der Waals surface area contributed by atoms with Crippen molar-refractivity contribution in [2.75, 3.05) is 19.8 Å². The van der Waals surface area contributed by atoms with Crippen LogP contribution in [0.5, 0.6) is 17.2 Å². The number of aromatic nitrogens is 2. The second-order valence-corrected chi connectivity index (χ2v) is 6.80. The Balaban J connectivity index is 1.73. The molecule has 0 spiro atoms. The molecule has 10 heteroatoms. The minimum Gasteiger partial charge on any atom is -0.490 e. The molecule has 33 heavy (non-hydrogen) atoms. The van der Waals surface area contributed by atoms with E-state index in [4.69, 9.17) is 14.2 Å². The van der Waals surface area contributed by atoms with E-state index in [9.17, 15) is 14.4 Å². The summed E-state index contributed by atoms with van der Waals surface area (Å²) >= 11 is 0. The monoisotopic (exact) mass is 454 g/mol. The fourth-order valence-corrected chi connectivity index (χ4v) is 3.13. The minimum absolute atomic E-state index is 0.204. The Labute approximate surface area is 190 Å². The van der Waals surface area contributed by atoms with Gasteiger partial charge in [0.1, 0.15) is 6.54 Å². The van der Waals surface area contributed by atoms with E-state index in [0.717, 1.165) is 0 Å². The first-order valence-electron chi connectivity index (χ1n) is 10.6. The lowest BCUT2D eigenvalue weighted by Crippen LogP contribution is -2.44. The number of benzene rings is 2. The van der Waals surface area contributed by atoms with Crippen molar-refractivity contribution in [3.05, 3.63) is 58.6 Å². The summed E-state index contributed by atoms with van der Waals surface area (Å²) in [5, 5.41) is 0.401. The molecule has 1 heterocycles. The first-order chi connectivity index (χ1) is 16.0. The molecule has 2 N–H and O–H groups in total. The zero-order chi connectivity index (χ0) is 23.8. The molecule has 0 saturated carbocycles. The molecule has 2 amide bonds. The third-order valence-electron chi connectivity index (χ3n) is 4.53. The molecule has 0 fully saturated rings. The molecule has 0 unspecified atom stereocenters. The van der Waals surface area contributed by atoms with Gasteiger partial charge in [0.25, 0.3) is 17.4 Å². The van der Waals surface area contributed by atoms with Crippen molar-refractivity contribution < 1.29 is 23.8 Å². The highest BCUT2D eigenvalue weighted by atomic mass is 16.5. The highest BCUT2D eigenvalue weighted by Crippen LogP contribution is 2.39. The number of nitrogens with zero attached hydrogens (tertiary/aromatic N) is 2. The number of hydrogen-bond donors (Lipinski definition) is 2. The molecule has 0 atom stereocenters. The number of carbonyl (C=O) groups is 2. The number of ether oxygens (including phenoxy) is 3. The second kappa shape index (κ2) is 11.0. The normalized spacial score (nSPS) is 10.5. The van der Waals surface area contributed by atoms with Crippen LogP contribution in [0.15, 0.2) is 47.5 Å². The van der Waals surface area contributed by atoms with Gasteiger partial charge in [0.2, 0.25) is 5.75 Å². The van der Waals surface area contributed by atoms with Crippen molar-refractivity contribution in [3.63, 3.8) is 0 Å². The Hall–Kier alpha value is -4.08. The first-order valence-corrected chi connectivity index (χ1v) is 10.6. The molecule has 174 valence electrons. The van der Waals surface area contributed by atoms with Gasteiger partial charge in [0, 0.05) is 5.56 Å². The molecule has 3 rings (SSSR count). The van der Waals surface area contributed by atoms with E-state index in [1.54, 1.807) is 24.3 Å². The zero-order valence-electron chi connectivity index (χ0n) is 18.7. The SMILES string of the molecule is CCOc1cc(C(=O)NNC(=O)Cn2cnc3ccccc3c2=O)cc(OCC)c1OCC. The summed E-state index contributed by atoms with van der Waals surface area (Å²) in [5.74, 6) is -0.0584. The lowest BCUT2D eigenvalue weighted by atomic mass is 10.1. The Morgan fingerprint density at radius 2 is 1.58 bits per heavy atom. The Bertz CT molecular complexity index is 1180. The first kappa shape index (κ1) is 23.6. The average Bonchev–Trinajstić information content (AvgIpc) is 2.81. The maximum Gasteiger partial charge on any atom is 0.269 e. The summed E-state index contributed by atoms with van der Waals surface area (Å²) in [7, 11) is 0. The predicted octanol–water partition coefficient (Wildman–Crippen LogP) is 2.05. The van der Waals surface area contributed by atoms with Crippen molar-refractivity contribution in [1.29, 1.82) is 0 Å². The number of nitrogens with one attached hydrogen (secondary N) is 2. The highest BCUT2D eigenvalue weighted by molar-refractivity contribution is 5.96. The Kier molecular flexibility index (Phi) is 7.85. The minimum atomic E-state index is -0.594. The maximum absolute atomic E-state index is 12.7. The average molecular weight is 454 g/mol. The third kappa shape index (κ3) is 5.59. The number of hydrazine groups is 1. The van der Waals surface area contributed by atoms with E-state index >= 15 is 0 Å². The van der Waals surface area contributed by atoms with Gasteiger partial charge in [-0.15, -0.1) is 0 Å². The fraction of sp³-hybridized carbons (Fsp3) is 0.304. The molecule has 0 saturated heterocycles. The zero-order valence-corrected chi connectivity index (χ0v) is 18.7. The second-order valence-electron chi connectivity index (χ2n) is 6.80. The lowest BCUT2D eigenvalue weighted by molar-refractivity contribution is -0.122. The molecule has 0 aliphatic rings. The van der Waals surface area contributed by atoms with Crippen LogP contribution in [0, 0.1) is 0 Å². The van der Waals surface area contributed by atoms with Crippen molar-refractivity contribution in [2.45, 2.75) is 27.3 Å². The van der Waals surface area contributed by atoms with Crippen LogP contribution in [0.25, 0.3) is 10.9 Å². The Morgan fingerprint density at radius 1 is 0.939 bits per heavy atom. The van der Waals surface area contributed by atoms with Crippen molar-refractivity contribution in [3.8, 4) is 17.2 Å². The standard InChI is InChI=1S/C23H26N4O6/c1-4-31-18-11-15(12-19(32-5-2)21(18)33-6-3)22(29)26-25-20(28)13-27-14-24-17-10-8-7-9-16(17)23(27)30/h7-12,14H,4-6,13H2,1-3H3,(H,25,28)(H,26,29). The molecule has 10 nitrogen and oxygen atoms in total. The number of para-hydroxylation sites is 1. The number of carbonyl (C=O) groups excluding carboxylic acids is 2. The van der Waals surface area contributed by atoms with Crippen LogP contribution in [-0.4, -0.2) is 41.2 Å². The van der Waals surface area contributed by atoms with E-state index in [-0.39, 0.29) is 17.7 Å². The van der Waals surface area contributed by atoms with Crippen LogP contribution in [0.1, 0.15) is 31.1 Å². The van der Waals surface area contributed by atoms with E-state index in [1.165, 1.54) is 23.0 Å². The van der Waals surface area contributed by atoms with Crippen LogP contribution in [-0.2, 0) is 11.3 Å². The van der Waals surface area contributed by atoms with Gasteiger partial charge in [0.15, 0.2) is 11.5 Å². The summed E-state index contributed by atoms with van der Waals surface area (Å²) < 4.78 is 18.0. The van der Waals surface area contributed by atoms with Gasteiger partial charge < -0.3 is 14.2 Å². The number of fused-ring (bicyclic) bond motifs is 1. The van der Waals surface area contributed by atoms with Crippen molar-refractivity contribution in [1.82, 2.24) is 20.4 Å². The highest BCUT2D eigenvalue weighted by Gasteiger charge is 2.19. The van der Waals surface area contributed by atoms with Gasteiger partial charge in [-0.2, -0.15) is 0 Å². The van der Waals surface area contributed by atoms with Gasteiger partial charge in [-0.05, 0) is 45.0 Å². The molecule has 0 radical (unpaired) electrons. The Morgan fingerprint density at radius 3 is 2.21 bits per heavy atom. The van der Waals surface area contributed by atoms with Crippen molar-refractivity contribution >= 4 is 22.7 Å². The molecular weight excluding hydrogens is 428 g/mol. The van der Waals surface area contributed by atoms with Gasteiger partial charge in [-0.25, -0.2) is 4.98 Å². The van der Waals surface area contributed by atoms with Crippen LogP contribution >= 0.6 is 0 Å². The summed E-state index contributed by atoms with van der Waals surface area (Å²) in [5.41, 5.74) is 5.04. The van der Waals surface area contributed by atoms with Crippen molar-refractivity contribution in [2.24, 2.45) is 0 Å². The van der Waals surface area contributed by atoms with Gasteiger partial charge in [-0.3, -0.25) is 29.8 Å². The summed E-state index contributed by atoms with van der Waals surface area (Å²) in [6.45, 7) is 6.26. The molecule has 1 aromatic heterocycles. The van der Waals surface area contributed by atoms with E-state index in [1.807, 2.05) is 20.8 Å². The van der Waals surface area contributed by atoms with Gasteiger partial charge in [0.05, 0.1) is 37.1 Å². The fourth-order valence-electron chi connectivity index (χ4n) is 3.13. The number of rotatable bonds is 9. The molecule has 0 bridgehead atoms. The molecular formula is C23H26N4O6. The maximum atomic E-state index is 12.7.